The average Bonchev–Trinajstić information content (AvgIpc) is 3.48. The Bertz CT molecular complexity index is 792. The average molecular weight is 377 g/mol. The van der Waals surface area contributed by atoms with E-state index in [4.69, 9.17) is 0 Å². The number of sulfonamides is 1. The lowest BCUT2D eigenvalue weighted by Crippen LogP contribution is -2.46. The summed E-state index contributed by atoms with van der Waals surface area (Å²) in [6.07, 6.45) is 4.18. The molecule has 0 spiro atoms. The maximum absolute atomic E-state index is 12.8. The van der Waals surface area contributed by atoms with Crippen molar-refractivity contribution in [3.8, 4) is 0 Å². The van der Waals surface area contributed by atoms with Crippen molar-refractivity contribution in [2.45, 2.75) is 36.6 Å². The van der Waals surface area contributed by atoms with Gasteiger partial charge in [-0.25, -0.2) is 8.42 Å². The molecule has 2 fully saturated rings. The van der Waals surface area contributed by atoms with Crippen LogP contribution in [0.1, 0.15) is 25.7 Å². The van der Waals surface area contributed by atoms with Crippen molar-refractivity contribution in [1.82, 2.24) is 9.62 Å². The van der Waals surface area contributed by atoms with E-state index in [-0.39, 0.29) is 28.7 Å². The molecule has 1 aromatic carbocycles. The van der Waals surface area contributed by atoms with Crippen LogP contribution in [0.3, 0.4) is 0 Å². The summed E-state index contributed by atoms with van der Waals surface area (Å²) in [5.41, 5.74) is 0.603. The highest BCUT2D eigenvalue weighted by Gasteiger charge is 2.31. The zero-order valence-corrected chi connectivity index (χ0v) is 15.3. The molecule has 0 bridgehead atoms. The van der Waals surface area contributed by atoms with E-state index in [2.05, 4.69) is 17.2 Å². The number of anilines is 1. The van der Waals surface area contributed by atoms with Gasteiger partial charge >= 0.3 is 0 Å². The summed E-state index contributed by atoms with van der Waals surface area (Å²) >= 11 is 0. The number of nitrogens with one attached hydrogen (secondary N) is 2. The van der Waals surface area contributed by atoms with Gasteiger partial charge in [-0.05, 0) is 56.0 Å². The molecule has 7 nitrogen and oxygen atoms in total. The second kappa shape index (κ2) is 7.59. The fourth-order valence-corrected chi connectivity index (χ4v) is 4.42. The molecule has 3 rings (SSSR count). The predicted octanol–water partition coefficient (Wildman–Crippen LogP) is 1.49. The third kappa shape index (κ3) is 4.31. The normalized spacial score (nSPS) is 18.9. The second-order valence-corrected chi connectivity index (χ2v) is 8.62. The van der Waals surface area contributed by atoms with Crippen LogP contribution in [0.4, 0.5) is 5.69 Å². The number of nitrogens with zero attached hydrogens (tertiary/aromatic N) is 1. The van der Waals surface area contributed by atoms with Crippen LogP contribution >= 0.6 is 0 Å². The minimum absolute atomic E-state index is 0.00995. The van der Waals surface area contributed by atoms with E-state index in [0.717, 1.165) is 12.8 Å². The Morgan fingerprint density at radius 2 is 1.69 bits per heavy atom. The van der Waals surface area contributed by atoms with Gasteiger partial charge in [0.25, 0.3) is 0 Å². The maximum atomic E-state index is 12.8. The monoisotopic (exact) mass is 377 g/mol. The van der Waals surface area contributed by atoms with Gasteiger partial charge in [-0.1, -0.05) is 6.58 Å². The third-order valence-electron chi connectivity index (χ3n) is 4.69. The molecule has 0 atom stereocenters. The number of amides is 2. The highest BCUT2D eigenvalue weighted by atomic mass is 32.2. The fourth-order valence-electron chi connectivity index (χ4n) is 2.95. The van der Waals surface area contributed by atoms with Gasteiger partial charge in [-0.15, -0.1) is 0 Å². The largest absolute Gasteiger partial charge is 0.350 e. The molecule has 0 radical (unpaired) electrons. The van der Waals surface area contributed by atoms with Crippen molar-refractivity contribution >= 4 is 27.5 Å². The Morgan fingerprint density at radius 1 is 1.08 bits per heavy atom. The summed E-state index contributed by atoms with van der Waals surface area (Å²) in [5.74, 6) is -0.152. The first-order chi connectivity index (χ1) is 12.4. The van der Waals surface area contributed by atoms with Crippen LogP contribution in [0.25, 0.3) is 0 Å². The van der Waals surface area contributed by atoms with Crippen molar-refractivity contribution in [1.29, 1.82) is 0 Å². The molecule has 1 aliphatic heterocycles. The molecule has 26 heavy (non-hydrogen) atoms. The third-order valence-corrected chi connectivity index (χ3v) is 6.61. The van der Waals surface area contributed by atoms with E-state index in [1.165, 1.54) is 22.5 Å². The first-order valence-electron chi connectivity index (χ1n) is 8.74. The summed E-state index contributed by atoms with van der Waals surface area (Å²) in [5, 5.41) is 5.60. The van der Waals surface area contributed by atoms with Gasteiger partial charge < -0.3 is 10.6 Å². The van der Waals surface area contributed by atoms with Crippen LogP contribution in [0.5, 0.6) is 0 Å². The molecule has 2 N–H and O–H groups in total. The van der Waals surface area contributed by atoms with Crippen molar-refractivity contribution in [2.24, 2.45) is 5.92 Å². The second-order valence-electron chi connectivity index (χ2n) is 6.68. The molecule has 1 saturated carbocycles. The zero-order chi connectivity index (χ0) is 18.7. The van der Waals surface area contributed by atoms with E-state index in [1.54, 1.807) is 12.1 Å². The molecule has 1 heterocycles. The van der Waals surface area contributed by atoms with Gasteiger partial charge in [-0.3, -0.25) is 9.59 Å². The summed E-state index contributed by atoms with van der Waals surface area (Å²) < 4.78 is 27.0. The van der Waals surface area contributed by atoms with Gasteiger partial charge in [0, 0.05) is 30.7 Å². The molecule has 1 aromatic rings. The maximum Gasteiger partial charge on any atom is 0.243 e. The van der Waals surface area contributed by atoms with Crippen LogP contribution < -0.4 is 10.6 Å². The molecular formula is C18H23N3O4S. The smallest absolute Gasteiger partial charge is 0.243 e. The number of carbonyl (C=O) groups excluding carboxylic acids is 2. The lowest BCUT2D eigenvalue weighted by Gasteiger charge is -2.31. The predicted molar refractivity (Wildman–Crippen MR) is 97.9 cm³/mol. The SMILES string of the molecule is C=CC(=O)NC1CCN(S(=O)(=O)c2ccc(NC(=O)C3CC3)cc2)CC1. The quantitative estimate of drug-likeness (QED) is 0.734. The molecule has 1 aliphatic carbocycles. The van der Waals surface area contributed by atoms with E-state index >= 15 is 0 Å². The Balaban J connectivity index is 1.60. The number of carbonyl (C=O) groups is 2. The molecule has 2 aliphatic rings. The van der Waals surface area contributed by atoms with Crippen LogP contribution in [0.2, 0.25) is 0 Å². The van der Waals surface area contributed by atoms with Crippen LogP contribution in [-0.4, -0.2) is 43.7 Å². The van der Waals surface area contributed by atoms with E-state index in [1.807, 2.05) is 0 Å². The van der Waals surface area contributed by atoms with Crippen molar-refractivity contribution in [3.05, 3.63) is 36.9 Å². The minimum Gasteiger partial charge on any atom is -0.350 e. The Morgan fingerprint density at radius 3 is 2.23 bits per heavy atom. The summed E-state index contributed by atoms with van der Waals surface area (Å²) in [4.78, 5) is 23.3. The molecule has 140 valence electrons. The lowest BCUT2D eigenvalue weighted by atomic mass is 10.1. The molecule has 2 amide bonds. The van der Waals surface area contributed by atoms with Crippen molar-refractivity contribution in [3.63, 3.8) is 0 Å². The molecular weight excluding hydrogens is 354 g/mol. The summed E-state index contributed by atoms with van der Waals surface area (Å²) in [6.45, 7) is 4.12. The molecule has 1 saturated heterocycles. The number of hydrogen-bond acceptors (Lipinski definition) is 4. The molecule has 0 unspecified atom stereocenters. The highest BCUT2D eigenvalue weighted by Crippen LogP contribution is 2.30. The van der Waals surface area contributed by atoms with Gasteiger partial charge in [0.1, 0.15) is 0 Å². The topological polar surface area (TPSA) is 95.6 Å². The first kappa shape index (κ1) is 18.6. The summed E-state index contributed by atoms with van der Waals surface area (Å²) in [7, 11) is -3.58. The summed E-state index contributed by atoms with van der Waals surface area (Å²) in [6, 6.07) is 6.23. The number of hydrogen-bond donors (Lipinski definition) is 2. The van der Waals surface area contributed by atoms with Gasteiger partial charge in [0.05, 0.1) is 4.90 Å². The van der Waals surface area contributed by atoms with E-state index in [0.29, 0.717) is 31.6 Å². The van der Waals surface area contributed by atoms with Gasteiger partial charge in [-0.2, -0.15) is 4.31 Å². The highest BCUT2D eigenvalue weighted by molar-refractivity contribution is 7.89. The van der Waals surface area contributed by atoms with Gasteiger partial charge in [0.2, 0.25) is 21.8 Å². The van der Waals surface area contributed by atoms with Crippen LogP contribution in [-0.2, 0) is 19.6 Å². The van der Waals surface area contributed by atoms with E-state index in [9.17, 15) is 18.0 Å². The van der Waals surface area contributed by atoms with Gasteiger partial charge in [0.15, 0.2) is 0 Å². The first-order valence-corrected chi connectivity index (χ1v) is 10.2. The Labute approximate surface area is 153 Å². The zero-order valence-electron chi connectivity index (χ0n) is 14.5. The van der Waals surface area contributed by atoms with Crippen molar-refractivity contribution in [2.75, 3.05) is 18.4 Å². The Hall–Kier alpha value is -2.19. The van der Waals surface area contributed by atoms with E-state index < -0.39 is 10.0 Å². The van der Waals surface area contributed by atoms with Crippen molar-refractivity contribution < 1.29 is 18.0 Å². The number of rotatable bonds is 6. The Kier molecular flexibility index (Phi) is 5.43. The van der Waals surface area contributed by atoms with Crippen LogP contribution in [0.15, 0.2) is 41.8 Å². The molecule has 0 aromatic heterocycles. The van der Waals surface area contributed by atoms with Crippen LogP contribution in [0, 0.1) is 5.92 Å². The fraction of sp³-hybridized carbons (Fsp3) is 0.444. The minimum atomic E-state index is -3.58. The molecule has 8 heteroatoms. The number of piperidine rings is 1. The standard InChI is InChI=1S/C18H23N3O4S/c1-2-17(22)19-15-9-11-21(12-10-15)26(24,25)16-7-5-14(6-8-16)20-18(23)13-3-4-13/h2,5-8,13,15H,1,3-4,9-12H2,(H,19,22)(H,20,23). The lowest BCUT2D eigenvalue weighted by molar-refractivity contribution is -0.118. The number of benzene rings is 1.